The van der Waals surface area contributed by atoms with E-state index in [1.165, 1.54) is 53.5 Å². The fraction of sp³-hybridized carbons (Fsp3) is 0. The molecule has 0 saturated heterocycles. The lowest BCUT2D eigenvalue weighted by Gasteiger charge is -2.06. The van der Waals surface area contributed by atoms with E-state index in [9.17, 15) is 14.0 Å². The highest BCUT2D eigenvalue weighted by atomic mass is 19.1. The van der Waals surface area contributed by atoms with Crippen LogP contribution in [-0.2, 0) is 0 Å². The summed E-state index contributed by atoms with van der Waals surface area (Å²) in [7, 11) is 0. The van der Waals surface area contributed by atoms with Crippen molar-refractivity contribution >= 4 is 29.2 Å². The van der Waals surface area contributed by atoms with Crippen molar-refractivity contribution < 1.29 is 23.5 Å². The number of carbonyl (C=O) groups is 2. The third-order valence-electron chi connectivity index (χ3n) is 3.81. The number of anilines is 2. The molecule has 0 saturated carbocycles. The van der Waals surface area contributed by atoms with Crippen LogP contribution in [0.3, 0.4) is 0 Å². The number of fused-ring (bicyclic) bond motifs is 1. The smallest absolute Gasteiger partial charge is 0.409 e. The highest BCUT2D eigenvalue weighted by Gasteiger charge is 2.14. The molecular formula is C18H12FN5O4. The van der Waals surface area contributed by atoms with Crippen molar-refractivity contribution in [2.75, 3.05) is 10.6 Å². The normalized spacial score (nSPS) is 10.8. The van der Waals surface area contributed by atoms with Crippen LogP contribution in [0, 0.1) is 5.82 Å². The Balaban J connectivity index is 1.66. The van der Waals surface area contributed by atoms with Crippen molar-refractivity contribution in [3.8, 4) is 11.3 Å². The summed E-state index contributed by atoms with van der Waals surface area (Å²) < 4.78 is 20.8. The number of amides is 2. The lowest BCUT2D eigenvalue weighted by molar-refractivity contribution is 0.0996. The number of carbonyl (C=O) groups excluding carboxylic acids is 1. The summed E-state index contributed by atoms with van der Waals surface area (Å²) in [4.78, 5) is 31.1. The molecule has 0 aliphatic carbocycles. The van der Waals surface area contributed by atoms with Gasteiger partial charge in [-0.25, -0.2) is 19.2 Å². The first-order chi connectivity index (χ1) is 13.5. The molecule has 3 heterocycles. The van der Waals surface area contributed by atoms with Crippen molar-refractivity contribution in [3.63, 3.8) is 0 Å². The molecule has 4 rings (SSSR count). The molecule has 0 fully saturated rings. The molecule has 0 aliphatic heterocycles. The minimum absolute atomic E-state index is 0.126. The van der Waals surface area contributed by atoms with Crippen molar-refractivity contribution in [2.45, 2.75) is 0 Å². The van der Waals surface area contributed by atoms with Crippen molar-refractivity contribution in [1.82, 2.24) is 14.4 Å². The Kier molecular flexibility index (Phi) is 4.20. The molecular weight excluding hydrogens is 369 g/mol. The van der Waals surface area contributed by atoms with E-state index in [0.29, 0.717) is 5.69 Å². The topological polar surface area (TPSA) is 122 Å². The van der Waals surface area contributed by atoms with Crippen LogP contribution in [0.2, 0.25) is 0 Å². The van der Waals surface area contributed by atoms with Crippen molar-refractivity contribution in [1.29, 1.82) is 0 Å². The number of furan rings is 1. The predicted octanol–water partition coefficient (Wildman–Crippen LogP) is 3.47. The van der Waals surface area contributed by atoms with Gasteiger partial charge in [0, 0.05) is 23.6 Å². The van der Waals surface area contributed by atoms with E-state index >= 15 is 0 Å². The van der Waals surface area contributed by atoms with Crippen LogP contribution in [0.15, 0.2) is 59.6 Å². The maximum atomic E-state index is 14.4. The van der Waals surface area contributed by atoms with E-state index in [4.69, 9.17) is 9.52 Å². The van der Waals surface area contributed by atoms with Gasteiger partial charge < -0.3 is 14.8 Å². The van der Waals surface area contributed by atoms with E-state index in [2.05, 4.69) is 20.6 Å². The zero-order valence-corrected chi connectivity index (χ0v) is 14.1. The molecule has 0 unspecified atom stereocenters. The van der Waals surface area contributed by atoms with E-state index in [1.807, 2.05) is 0 Å². The third kappa shape index (κ3) is 3.38. The number of hydrogen-bond acceptors (Lipinski definition) is 5. The second kappa shape index (κ2) is 6.83. The number of hydrogen-bond donors (Lipinski definition) is 3. The minimum atomic E-state index is -1.23. The Morgan fingerprint density at radius 1 is 1.14 bits per heavy atom. The van der Waals surface area contributed by atoms with Gasteiger partial charge in [0.05, 0.1) is 23.8 Å². The van der Waals surface area contributed by atoms with E-state index in [-0.39, 0.29) is 28.5 Å². The fourth-order valence-electron chi connectivity index (χ4n) is 2.60. The van der Waals surface area contributed by atoms with Gasteiger partial charge in [-0.1, -0.05) is 0 Å². The maximum Gasteiger partial charge on any atom is 0.409 e. The van der Waals surface area contributed by atoms with Crippen LogP contribution in [0.5, 0.6) is 0 Å². The molecule has 0 bridgehead atoms. The van der Waals surface area contributed by atoms with Crippen LogP contribution in [0.1, 0.15) is 10.6 Å². The lowest BCUT2D eigenvalue weighted by atomic mass is 10.1. The highest BCUT2D eigenvalue weighted by molar-refractivity contribution is 6.02. The third-order valence-corrected chi connectivity index (χ3v) is 3.81. The van der Waals surface area contributed by atoms with Gasteiger partial charge in [0.2, 0.25) is 5.78 Å². The van der Waals surface area contributed by atoms with E-state index in [1.54, 1.807) is 6.07 Å². The molecule has 3 aromatic heterocycles. The van der Waals surface area contributed by atoms with Crippen molar-refractivity contribution in [3.05, 3.63) is 66.8 Å². The second-order valence-electron chi connectivity index (χ2n) is 5.73. The van der Waals surface area contributed by atoms with Gasteiger partial charge in [0.25, 0.3) is 5.91 Å². The van der Waals surface area contributed by atoms with Crippen molar-refractivity contribution in [2.24, 2.45) is 0 Å². The van der Waals surface area contributed by atoms with Gasteiger partial charge in [0.15, 0.2) is 5.76 Å². The summed E-state index contributed by atoms with van der Waals surface area (Å²) in [5, 5.41) is 13.6. The molecule has 10 heteroatoms. The number of benzene rings is 1. The number of aromatic nitrogens is 3. The Morgan fingerprint density at radius 3 is 2.75 bits per heavy atom. The first kappa shape index (κ1) is 17.2. The van der Waals surface area contributed by atoms with E-state index < -0.39 is 17.8 Å². The molecule has 4 aromatic rings. The highest BCUT2D eigenvalue weighted by Crippen LogP contribution is 2.26. The predicted molar refractivity (Wildman–Crippen MR) is 96.7 cm³/mol. The van der Waals surface area contributed by atoms with Crippen LogP contribution in [0.4, 0.5) is 20.6 Å². The summed E-state index contributed by atoms with van der Waals surface area (Å²) >= 11 is 0. The number of imidazole rings is 1. The standard InChI is InChI=1S/C18H12FN5O4/c19-13-4-3-10(21-16(25)15-2-1-5-28-15)6-12(13)14-9-24-8-11(22-18(26)27)7-20-17(24)23-14/h1-9,22H,(H,21,25)(H,26,27). The van der Waals surface area contributed by atoms with Gasteiger partial charge in [-0.3, -0.25) is 14.5 Å². The summed E-state index contributed by atoms with van der Waals surface area (Å²) in [5.41, 5.74) is 1.02. The molecule has 1 aromatic carbocycles. The van der Waals surface area contributed by atoms with Crippen LogP contribution in [0.25, 0.3) is 17.0 Å². The zero-order valence-electron chi connectivity index (χ0n) is 14.1. The number of nitrogens with one attached hydrogen (secondary N) is 2. The molecule has 0 atom stereocenters. The Labute approximate surface area is 156 Å². The lowest BCUT2D eigenvalue weighted by Crippen LogP contribution is -2.10. The molecule has 0 radical (unpaired) electrons. The molecule has 0 spiro atoms. The average molecular weight is 381 g/mol. The largest absolute Gasteiger partial charge is 0.465 e. The fourth-order valence-corrected chi connectivity index (χ4v) is 2.60. The number of carboxylic acid groups (broad SMARTS) is 1. The van der Waals surface area contributed by atoms with Crippen LogP contribution in [-0.4, -0.2) is 31.5 Å². The second-order valence-corrected chi connectivity index (χ2v) is 5.73. The summed E-state index contributed by atoms with van der Waals surface area (Å²) in [6, 6.07) is 7.16. The first-order valence-corrected chi connectivity index (χ1v) is 7.99. The monoisotopic (exact) mass is 381 g/mol. The summed E-state index contributed by atoms with van der Waals surface area (Å²) in [6.45, 7) is 0. The first-order valence-electron chi connectivity index (χ1n) is 7.99. The van der Waals surface area contributed by atoms with Gasteiger partial charge in [0.1, 0.15) is 5.82 Å². The van der Waals surface area contributed by atoms with E-state index in [0.717, 1.165) is 0 Å². The van der Waals surface area contributed by atoms with Gasteiger partial charge in [-0.2, -0.15) is 0 Å². The van der Waals surface area contributed by atoms with Gasteiger partial charge >= 0.3 is 6.09 Å². The summed E-state index contributed by atoms with van der Waals surface area (Å²) in [6.07, 6.45) is 4.42. The molecule has 3 N–H and O–H groups in total. The van der Waals surface area contributed by atoms with Gasteiger partial charge in [-0.05, 0) is 30.3 Å². The molecule has 9 nitrogen and oxygen atoms in total. The Morgan fingerprint density at radius 2 is 2.00 bits per heavy atom. The van der Waals surface area contributed by atoms with Crippen LogP contribution >= 0.6 is 0 Å². The number of rotatable bonds is 4. The summed E-state index contributed by atoms with van der Waals surface area (Å²) in [5.74, 6) is -0.622. The molecule has 28 heavy (non-hydrogen) atoms. The van der Waals surface area contributed by atoms with Gasteiger partial charge in [-0.15, -0.1) is 0 Å². The maximum absolute atomic E-state index is 14.4. The minimum Gasteiger partial charge on any atom is -0.465 e. The number of halogens is 1. The Hall–Kier alpha value is -4.21. The van der Waals surface area contributed by atoms with Crippen LogP contribution < -0.4 is 10.6 Å². The number of nitrogens with zero attached hydrogens (tertiary/aromatic N) is 3. The zero-order chi connectivity index (χ0) is 19.7. The average Bonchev–Trinajstić information content (AvgIpc) is 3.32. The Bertz CT molecular complexity index is 1190. The molecule has 0 aliphatic rings. The quantitative estimate of drug-likeness (QED) is 0.498. The molecule has 140 valence electrons. The molecule has 2 amide bonds. The SMILES string of the molecule is O=C(O)Nc1cnc2nc(-c3cc(NC(=O)c4ccco4)ccc3F)cn2c1.